The maximum atomic E-state index is 12.3. The minimum atomic E-state index is -0.533. The van der Waals surface area contributed by atoms with Crippen LogP contribution in [-0.4, -0.2) is 53.8 Å². The van der Waals surface area contributed by atoms with Crippen LogP contribution in [0, 0.1) is 0 Å². The summed E-state index contributed by atoms with van der Waals surface area (Å²) in [6.45, 7) is 6.88. The number of likely N-dealkylation sites (tertiary alicyclic amines) is 1. The van der Waals surface area contributed by atoms with E-state index in [1.54, 1.807) is 16.8 Å². The number of hydrogen-bond acceptors (Lipinski definition) is 4. The second kappa shape index (κ2) is 8.23. The summed E-state index contributed by atoms with van der Waals surface area (Å²) < 4.78 is 10.8. The van der Waals surface area contributed by atoms with Gasteiger partial charge in [0.05, 0.1) is 6.04 Å². The lowest BCUT2D eigenvalue weighted by molar-refractivity contribution is 0.0118. The zero-order valence-corrected chi connectivity index (χ0v) is 15.5. The van der Waals surface area contributed by atoms with Crippen molar-refractivity contribution in [2.24, 2.45) is 0 Å². The van der Waals surface area contributed by atoms with E-state index in [1.165, 1.54) is 0 Å². The van der Waals surface area contributed by atoms with Crippen LogP contribution in [0.1, 0.15) is 39.2 Å². The first-order valence-corrected chi connectivity index (χ1v) is 8.68. The van der Waals surface area contributed by atoms with E-state index >= 15 is 0 Å². The van der Waals surface area contributed by atoms with E-state index in [1.807, 2.05) is 51.1 Å². The molecule has 1 aliphatic rings. The second-order valence-corrected chi connectivity index (χ2v) is 7.37. The van der Waals surface area contributed by atoms with Crippen LogP contribution in [0.15, 0.2) is 30.3 Å². The standard InChI is InChI=1S/C19H28N2O4/c1-19(2,3)25-17(22)20(4)16-11-8-12-21(13-16)18(23)24-14-15-9-6-5-7-10-15/h5-7,9-10,16H,8,11-14H2,1-4H3/t16-/m1/s1. The summed E-state index contributed by atoms with van der Waals surface area (Å²) in [7, 11) is 1.72. The molecule has 0 spiro atoms. The SMILES string of the molecule is CN(C(=O)OC(C)(C)C)[C@@H]1CCCN(C(=O)OCc2ccccc2)C1. The van der Waals surface area contributed by atoms with Crippen molar-refractivity contribution < 1.29 is 19.1 Å². The highest BCUT2D eigenvalue weighted by atomic mass is 16.6. The molecule has 0 radical (unpaired) electrons. The van der Waals surface area contributed by atoms with E-state index in [0.29, 0.717) is 13.1 Å². The Labute approximate surface area is 149 Å². The number of carbonyl (C=O) groups is 2. The quantitative estimate of drug-likeness (QED) is 0.836. The molecule has 6 nitrogen and oxygen atoms in total. The molecule has 0 bridgehead atoms. The number of benzene rings is 1. The summed E-state index contributed by atoms with van der Waals surface area (Å²) in [4.78, 5) is 27.8. The van der Waals surface area contributed by atoms with Gasteiger partial charge in [-0.25, -0.2) is 9.59 Å². The molecule has 25 heavy (non-hydrogen) atoms. The van der Waals surface area contributed by atoms with Gasteiger partial charge in [0.25, 0.3) is 0 Å². The molecule has 0 aromatic heterocycles. The molecule has 6 heteroatoms. The van der Waals surface area contributed by atoms with Crippen molar-refractivity contribution in [1.82, 2.24) is 9.80 Å². The monoisotopic (exact) mass is 348 g/mol. The van der Waals surface area contributed by atoms with E-state index in [4.69, 9.17) is 9.47 Å². The van der Waals surface area contributed by atoms with Crippen LogP contribution in [0.25, 0.3) is 0 Å². The number of hydrogen-bond donors (Lipinski definition) is 0. The molecule has 1 atom stereocenters. The molecule has 1 heterocycles. The smallest absolute Gasteiger partial charge is 0.410 e. The van der Waals surface area contributed by atoms with Gasteiger partial charge in [-0.2, -0.15) is 0 Å². The molecule has 1 saturated heterocycles. The molecule has 1 aromatic rings. The Balaban J connectivity index is 1.87. The first-order chi connectivity index (χ1) is 11.8. The van der Waals surface area contributed by atoms with Crippen LogP contribution in [0.2, 0.25) is 0 Å². The van der Waals surface area contributed by atoms with Crippen molar-refractivity contribution in [3.05, 3.63) is 35.9 Å². The number of piperidine rings is 1. The normalized spacial score (nSPS) is 17.8. The molecule has 1 aliphatic heterocycles. The highest BCUT2D eigenvalue weighted by Gasteiger charge is 2.31. The Hall–Kier alpha value is -2.24. The highest BCUT2D eigenvalue weighted by Crippen LogP contribution is 2.18. The molecule has 2 rings (SSSR count). The Kier molecular flexibility index (Phi) is 6.28. The maximum absolute atomic E-state index is 12.3. The molecular weight excluding hydrogens is 320 g/mol. The van der Waals surface area contributed by atoms with Crippen molar-refractivity contribution in [3.63, 3.8) is 0 Å². The summed E-state index contributed by atoms with van der Waals surface area (Å²) in [5.74, 6) is 0. The van der Waals surface area contributed by atoms with Crippen molar-refractivity contribution in [1.29, 1.82) is 0 Å². The van der Waals surface area contributed by atoms with Crippen LogP contribution in [0.5, 0.6) is 0 Å². The van der Waals surface area contributed by atoms with Gasteiger partial charge in [0, 0.05) is 20.1 Å². The number of likely N-dealkylation sites (N-methyl/N-ethyl adjacent to an activating group) is 1. The van der Waals surface area contributed by atoms with Crippen LogP contribution < -0.4 is 0 Å². The van der Waals surface area contributed by atoms with Crippen molar-refractivity contribution in [3.8, 4) is 0 Å². The molecule has 0 N–H and O–H groups in total. The highest BCUT2D eigenvalue weighted by molar-refractivity contribution is 5.69. The third-order valence-electron chi connectivity index (χ3n) is 4.09. The molecule has 0 saturated carbocycles. The fraction of sp³-hybridized carbons (Fsp3) is 0.579. The number of amides is 2. The Morgan fingerprint density at radius 1 is 1.24 bits per heavy atom. The Morgan fingerprint density at radius 3 is 2.56 bits per heavy atom. The number of nitrogens with zero attached hydrogens (tertiary/aromatic N) is 2. The fourth-order valence-corrected chi connectivity index (χ4v) is 2.73. The van der Waals surface area contributed by atoms with Gasteiger partial charge in [0.2, 0.25) is 0 Å². The van der Waals surface area contributed by atoms with Crippen molar-refractivity contribution >= 4 is 12.2 Å². The first kappa shape index (κ1) is 19.1. The van der Waals surface area contributed by atoms with Gasteiger partial charge in [0.15, 0.2) is 0 Å². The van der Waals surface area contributed by atoms with E-state index in [0.717, 1.165) is 18.4 Å². The van der Waals surface area contributed by atoms with Gasteiger partial charge in [-0.3, -0.25) is 0 Å². The van der Waals surface area contributed by atoms with Crippen LogP contribution in [0.4, 0.5) is 9.59 Å². The summed E-state index contributed by atoms with van der Waals surface area (Å²) in [6, 6.07) is 9.53. The second-order valence-electron chi connectivity index (χ2n) is 7.37. The third-order valence-corrected chi connectivity index (χ3v) is 4.09. The summed E-state index contributed by atoms with van der Waals surface area (Å²) in [5, 5.41) is 0. The van der Waals surface area contributed by atoms with Crippen LogP contribution in [-0.2, 0) is 16.1 Å². The zero-order chi connectivity index (χ0) is 18.4. The van der Waals surface area contributed by atoms with E-state index in [-0.39, 0.29) is 24.8 Å². The Morgan fingerprint density at radius 2 is 1.92 bits per heavy atom. The number of rotatable bonds is 3. The number of carbonyl (C=O) groups excluding carboxylic acids is 2. The van der Waals surface area contributed by atoms with Gasteiger partial charge in [-0.1, -0.05) is 30.3 Å². The van der Waals surface area contributed by atoms with Gasteiger partial charge in [-0.15, -0.1) is 0 Å². The predicted molar refractivity (Wildman–Crippen MR) is 95.2 cm³/mol. The average Bonchev–Trinajstić information content (AvgIpc) is 2.58. The van der Waals surface area contributed by atoms with Crippen LogP contribution >= 0.6 is 0 Å². The lowest BCUT2D eigenvalue weighted by Gasteiger charge is -2.37. The van der Waals surface area contributed by atoms with E-state index < -0.39 is 5.60 Å². The minimum Gasteiger partial charge on any atom is -0.445 e. The van der Waals surface area contributed by atoms with Crippen molar-refractivity contribution in [2.75, 3.05) is 20.1 Å². The predicted octanol–water partition coefficient (Wildman–Crippen LogP) is 3.65. The largest absolute Gasteiger partial charge is 0.445 e. The van der Waals surface area contributed by atoms with Gasteiger partial charge in [-0.05, 0) is 39.2 Å². The Bertz CT molecular complexity index is 583. The lowest BCUT2D eigenvalue weighted by Crippen LogP contribution is -2.51. The maximum Gasteiger partial charge on any atom is 0.410 e. The zero-order valence-electron chi connectivity index (χ0n) is 15.5. The van der Waals surface area contributed by atoms with E-state index in [2.05, 4.69) is 0 Å². The van der Waals surface area contributed by atoms with Gasteiger partial charge < -0.3 is 19.3 Å². The van der Waals surface area contributed by atoms with Gasteiger partial charge in [0.1, 0.15) is 12.2 Å². The molecule has 138 valence electrons. The third kappa shape index (κ3) is 5.96. The van der Waals surface area contributed by atoms with Crippen LogP contribution in [0.3, 0.4) is 0 Å². The lowest BCUT2D eigenvalue weighted by atomic mass is 10.1. The van der Waals surface area contributed by atoms with E-state index in [9.17, 15) is 9.59 Å². The number of ether oxygens (including phenoxy) is 2. The fourth-order valence-electron chi connectivity index (χ4n) is 2.73. The summed E-state index contributed by atoms with van der Waals surface area (Å²) >= 11 is 0. The molecule has 1 fully saturated rings. The molecule has 2 amide bonds. The molecule has 0 aliphatic carbocycles. The van der Waals surface area contributed by atoms with Crippen molar-refractivity contribution in [2.45, 2.75) is 51.9 Å². The summed E-state index contributed by atoms with van der Waals surface area (Å²) in [6.07, 6.45) is 0.972. The molecule has 1 aromatic carbocycles. The van der Waals surface area contributed by atoms with Gasteiger partial charge >= 0.3 is 12.2 Å². The topological polar surface area (TPSA) is 59.1 Å². The first-order valence-electron chi connectivity index (χ1n) is 8.68. The molecule has 0 unspecified atom stereocenters. The minimum absolute atomic E-state index is 0.0622. The summed E-state index contributed by atoms with van der Waals surface area (Å²) in [5.41, 5.74) is 0.421. The molecular formula is C19H28N2O4. The average molecular weight is 348 g/mol.